The number of anilines is 1. The number of alkyl halides is 2. The topological polar surface area (TPSA) is 63.1 Å². The first-order valence-electron chi connectivity index (χ1n) is 12.8. The molecule has 2 aromatic carbocycles. The average Bonchev–Trinajstić information content (AvgIpc) is 3.38. The van der Waals surface area contributed by atoms with Crippen LogP contribution in [0.2, 0.25) is 5.02 Å². The first-order valence-corrected chi connectivity index (χ1v) is 13.1. The Hall–Kier alpha value is -2.84. The largest absolute Gasteiger partial charge is 0.321 e. The van der Waals surface area contributed by atoms with E-state index in [4.69, 9.17) is 11.6 Å². The van der Waals surface area contributed by atoms with Gasteiger partial charge in [-0.2, -0.15) is 0 Å². The van der Waals surface area contributed by atoms with Crippen LogP contribution in [0, 0.1) is 0 Å². The van der Waals surface area contributed by atoms with Gasteiger partial charge < -0.3 is 14.8 Å². The predicted molar refractivity (Wildman–Crippen MR) is 138 cm³/mol. The number of nitrogens with one attached hydrogen (secondary N) is 1. The average molecular weight is 526 g/mol. The van der Waals surface area contributed by atoms with Gasteiger partial charge in [0.2, 0.25) is 5.92 Å². The Morgan fingerprint density at radius 3 is 2.59 bits per heavy atom. The minimum absolute atomic E-state index is 0.118. The van der Waals surface area contributed by atoms with Crippen molar-refractivity contribution < 1.29 is 13.6 Å². The summed E-state index contributed by atoms with van der Waals surface area (Å²) in [4.78, 5) is 15.2. The van der Waals surface area contributed by atoms with E-state index in [-0.39, 0.29) is 24.3 Å². The van der Waals surface area contributed by atoms with E-state index in [1.807, 2.05) is 43.4 Å². The van der Waals surface area contributed by atoms with Crippen molar-refractivity contribution in [3.63, 3.8) is 0 Å². The van der Waals surface area contributed by atoms with Crippen LogP contribution in [0.1, 0.15) is 71.9 Å². The maximum absolute atomic E-state index is 14.2. The maximum Gasteiger partial charge on any atom is 0.258 e. The lowest BCUT2D eigenvalue weighted by Gasteiger charge is -2.48. The van der Waals surface area contributed by atoms with Crippen molar-refractivity contribution in [2.45, 2.75) is 75.4 Å². The monoisotopic (exact) mass is 525 g/mol. The van der Waals surface area contributed by atoms with E-state index in [1.165, 1.54) is 6.42 Å². The number of rotatable bonds is 7. The van der Waals surface area contributed by atoms with Crippen LogP contribution in [0.25, 0.3) is 0 Å². The van der Waals surface area contributed by atoms with Crippen molar-refractivity contribution in [3.05, 3.63) is 75.8 Å². The summed E-state index contributed by atoms with van der Waals surface area (Å²) < 4.78 is 30.2. The molecule has 2 fully saturated rings. The van der Waals surface area contributed by atoms with E-state index in [0.29, 0.717) is 41.6 Å². The van der Waals surface area contributed by atoms with E-state index in [0.717, 1.165) is 29.5 Å². The fraction of sp³-hybridized carbons (Fsp3) is 0.464. The summed E-state index contributed by atoms with van der Waals surface area (Å²) in [5.41, 5.74) is 3.26. The zero-order valence-electron chi connectivity index (χ0n) is 21.0. The van der Waals surface area contributed by atoms with Gasteiger partial charge in [0.25, 0.3) is 5.91 Å². The Morgan fingerprint density at radius 1 is 1.16 bits per heavy atom. The summed E-state index contributed by atoms with van der Waals surface area (Å²) >= 11 is 6.65. The molecule has 0 unspecified atom stereocenters. The van der Waals surface area contributed by atoms with Crippen LogP contribution in [-0.4, -0.2) is 32.1 Å². The predicted octanol–water partition coefficient (Wildman–Crippen LogP) is 5.57. The lowest BCUT2D eigenvalue weighted by molar-refractivity contribution is -0.127. The summed E-state index contributed by atoms with van der Waals surface area (Å²) in [6.07, 6.45) is 4.96. The van der Waals surface area contributed by atoms with Crippen LogP contribution in [-0.2, 0) is 32.0 Å². The third-order valence-electron chi connectivity index (χ3n) is 8.49. The first kappa shape index (κ1) is 24.5. The molecular formula is C28H30ClF2N5O. The second-order valence-corrected chi connectivity index (χ2v) is 11.7. The van der Waals surface area contributed by atoms with Crippen molar-refractivity contribution in [1.82, 2.24) is 20.1 Å². The quantitative estimate of drug-likeness (QED) is 0.438. The third-order valence-corrected chi connectivity index (χ3v) is 8.83. The Balaban J connectivity index is 1.27. The fourth-order valence-corrected chi connectivity index (χ4v) is 6.37. The smallest absolute Gasteiger partial charge is 0.258 e. The van der Waals surface area contributed by atoms with E-state index in [2.05, 4.69) is 22.4 Å². The lowest BCUT2D eigenvalue weighted by atomic mass is 9.60. The molecule has 0 spiro atoms. The summed E-state index contributed by atoms with van der Waals surface area (Å²) in [5.74, 6) is -2.18. The van der Waals surface area contributed by atoms with Gasteiger partial charge in [-0.3, -0.25) is 4.79 Å². The highest BCUT2D eigenvalue weighted by molar-refractivity contribution is 6.32. The Kier molecular flexibility index (Phi) is 5.69. The van der Waals surface area contributed by atoms with Crippen molar-refractivity contribution in [2.75, 3.05) is 4.90 Å². The Morgan fingerprint density at radius 2 is 1.95 bits per heavy atom. The van der Waals surface area contributed by atoms with E-state index < -0.39 is 11.3 Å². The van der Waals surface area contributed by atoms with Gasteiger partial charge in [-0.1, -0.05) is 23.7 Å². The molecule has 2 saturated carbocycles. The summed E-state index contributed by atoms with van der Waals surface area (Å²) in [6, 6.07) is 11.3. The molecule has 0 bridgehead atoms. The molecule has 3 aromatic rings. The van der Waals surface area contributed by atoms with Crippen molar-refractivity contribution in [2.24, 2.45) is 7.05 Å². The first-order chi connectivity index (χ1) is 17.6. The number of hydrogen-bond donors (Lipinski definition) is 1. The molecule has 6 nitrogen and oxygen atoms in total. The van der Waals surface area contributed by atoms with Crippen LogP contribution in [0.3, 0.4) is 0 Å². The van der Waals surface area contributed by atoms with Gasteiger partial charge in [-0.05, 0) is 61.6 Å². The van der Waals surface area contributed by atoms with E-state index >= 15 is 0 Å². The van der Waals surface area contributed by atoms with Crippen LogP contribution in [0.5, 0.6) is 0 Å². The molecule has 1 aromatic heterocycles. The summed E-state index contributed by atoms with van der Waals surface area (Å²) in [6.45, 7) is 3.24. The normalized spacial score (nSPS) is 20.9. The standard InChI is InChI=1S/C28H30ClF2N5O/c1-26(7-4-8-26)32-13-18-9-21-22(23(29)10-18)14-36(25(21)37)20-6-3-5-19(11-20)27(15-28(30,31)16-27)12-24-34-33-17-35(24)2/h3,5-6,9-11,17,32H,4,7-8,12-16H2,1-2H3. The highest BCUT2D eigenvalue weighted by atomic mass is 35.5. The van der Waals surface area contributed by atoms with Gasteiger partial charge in [0.1, 0.15) is 12.2 Å². The van der Waals surface area contributed by atoms with Gasteiger partial charge in [0.05, 0.1) is 6.54 Å². The van der Waals surface area contributed by atoms with Crippen LogP contribution in [0.15, 0.2) is 42.7 Å². The molecule has 2 aliphatic carbocycles. The minimum Gasteiger partial charge on any atom is -0.321 e. The van der Waals surface area contributed by atoms with Gasteiger partial charge in [0.15, 0.2) is 0 Å². The SMILES string of the molecule is Cn1cnnc1CC1(c2cccc(N3Cc4c(Cl)cc(CNC5(C)CCC5)cc4C3=O)c2)CC(F)(F)C1. The van der Waals surface area contributed by atoms with Crippen LogP contribution >= 0.6 is 11.6 Å². The van der Waals surface area contributed by atoms with Crippen LogP contribution in [0.4, 0.5) is 14.5 Å². The van der Waals surface area contributed by atoms with Gasteiger partial charge >= 0.3 is 0 Å². The molecule has 6 rings (SSSR count). The fourth-order valence-electron chi connectivity index (χ4n) is 6.07. The molecule has 0 radical (unpaired) electrons. The number of carbonyl (C=O) groups excluding carboxylic acids is 1. The molecule has 2 heterocycles. The number of halogens is 3. The number of fused-ring (bicyclic) bond motifs is 1. The Labute approximate surface area is 220 Å². The number of aryl methyl sites for hydroxylation is 1. The molecule has 194 valence electrons. The number of benzene rings is 2. The van der Waals surface area contributed by atoms with Crippen molar-refractivity contribution in [3.8, 4) is 0 Å². The summed E-state index contributed by atoms with van der Waals surface area (Å²) in [5, 5.41) is 12.2. The molecule has 0 saturated heterocycles. The molecule has 1 aliphatic heterocycles. The van der Waals surface area contributed by atoms with E-state index in [1.54, 1.807) is 15.8 Å². The molecular weight excluding hydrogens is 496 g/mol. The second-order valence-electron chi connectivity index (χ2n) is 11.3. The number of nitrogens with zero attached hydrogens (tertiary/aromatic N) is 4. The van der Waals surface area contributed by atoms with Crippen molar-refractivity contribution in [1.29, 1.82) is 0 Å². The molecule has 1 amide bonds. The van der Waals surface area contributed by atoms with E-state index in [9.17, 15) is 13.6 Å². The maximum atomic E-state index is 14.2. The zero-order chi connectivity index (χ0) is 26.0. The number of aromatic nitrogens is 3. The number of hydrogen-bond acceptors (Lipinski definition) is 4. The van der Waals surface area contributed by atoms with Crippen molar-refractivity contribution >= 4 is 23.2 Å². The van der Waals surface area contributed by atoms with Gasteiger partial charge in [0, 0.05) is 65.6 Å². The molecule has 3 aliphatic rings. The molecule has 37 heavy (non-hydrogen) atoms. The summed E-state index contributed by atoms with van der Waals surface area (Å²) in [7, 11) is 1.82. The third kappa shape index (κ3) is 4.34. The highest BCUT2D eigenvalue weighted by Crippen LogP contribution is 2.55. The molecule has 9 heteroatoms. The zero-order valence-corrected chi connectivity index (χ0v) is 21.8. The highest BCUT2D eigenvalue weighted by Gasteiger charge is 2.57. The minimum atomic E-state index is -2.72. The second kappa shape index (κ2) is 8.60. The van der Waals surface area contributed by atoms with Gasteiger partial charge in [-0.15, -0.1) is 10.2 Å². The van der Waals surface area contributed by atoms with Crippen LogP contribution < -0.4 is 10.2 Å². The lowest BCUT2D eigenvalue weighted by Crippen LogP contribution is -2.51. The number of carbonyl (C=O) groups is 1. The van der Waals surface area contributed by atoms with Gasteiger partial charge in [-0.25, -0.2) is 8.78 Å². The molecule has 1 N–H and O–H groups in total. The number of amides is 1. The molecule has 0 atom stereocenters. The Bertz CT molecular complexity index is 1370.